The van der Waals surface area contributed by atoms with Gasteiger partial charge >= 0.3 is 6.03 Å². The lowest BCUT2D eigenvalue weighted by molar-refractivity contribution is -0.118. The molecule has 104 valence electrons. The fraction of sp³-hybridized carbons (Fsp3) is 0.333. The van der Waals surface area contributed by atoms with E-state index in [2.05, 4.69) is 31.9 Å². The number of ether oxygens (including phenoxy) is 1. The van der Waals surface area contributed by atoms with Crippen molar-refractivity contribution in [3.63, 3.8) is 0 Å². The number of halogens is 1. The van der Waals surface area contributed by atoms with Gasteiger partial charge in [0, 0.05) is 23.8 Å². The molecule has 3 N–H and O–H groups in total. The number of anilines is 1. The molecule has 0 bridgehead atoms. The van der Waals surface area contributed by atoms with Crippen LogP contribution in [0.4, 0.5) is 10.5 Å². The van der Waals surface area contributed by atoms with Gasteiger partial charge in [0.05, 0.1) is 13.2 Å². The van der Waals surface area contributed by atoms with E-state index in [0.29, 0.717) is 13.2 Å². The SMILES string of the molecule is COCCNC(=O)NC(=O)CNc1cccc(Br)c1. The van der Waals surface area contributed by atoms with E-state index in [-0.39, 0.29) is 6.54 Å². The molecule has 7 heteroatoms. The molecule has 0 radical (unpaired) electrons. The topological polar surface area (TPSA) is 79.5 Å². The van der Waals surface area contributed by atoms with Crippen molar-refractivity contribution in [2.24, 2.45) is 0 Å². The van der Waals surface area contributed by atoms with Crippen LogP contribution < -0.4 is 16.0 Å². The maximum absolute atomic E-state index is 11.5. The van der Waals surface area contributed by atoms with Gasteiger partial charge in [-0.25, -0.2) is 4.79 Å². The van der Waals surface area contributed by atoms with Gasteiger partial charge in [-0.05, 0) is 18.2 Å². The zero-order chi connectivity index (χ0) is 14.1. The van der Waals surface area contributed by atoms with E-state index in [9.17, 15) is 9.59 Å². The molecule has 6 nitrogen and oxygen atoms in total. The molecule has 19 heavy (non-hydrogen) atoms. The van der Waals surface area contributed by atoms with Crippen LogP contribution in [0.25, 0.3) is 0 Å². The minimum atomic E-state index is -0.530. The van der Waals surface area contributed by atoms with E-state index in [1.165, 1.54) is 7.11 Å². The fourth-order valence-electron chi connectivity index (χ4n) is 1.26. The largest absolute Gasteiger partial charge is 0.383 e. The number of rotatable bonds is 6. The summed E-state index contributed by atoms with van der Waals surface area (Å²) < 4.78 is 5.68. The average Bonchev–Trinajstić information content (AvgIpc) is 2.37. The van der Waals surface area contributed by atoms with Gasteiger partial charge < -0.3 is 15.4 Å². The van der Waals surface area contributed by atoms with Gasteiger partial charge in [-0.15, -0.1) is 0 Å². The highest BCUT2D eigenvalue weighted by Gasteiger charge is 2.06. The molecule has 1 aromatic carbocycles. The maximum Gasteiger partial charge on any atom is 0.321 e. The Morgan fingerprint density at radius 2 is 2.16 bits per heavy atom. The number of hydrogen-bond donors (Lipinski definition) is 3. The monoisotopic (exact) mass is 329 g/mol. The summed E-state index contributed by atoms with van der Waals surface area (Å²) in [6.07, 6.45) is 0. The number of hydrogen-bond acceptors (Lipinski definition) is 4. The van der Waals surface area contributed by atoms with Crippen LogP contribution in [0.3, 0.4) is 0 Å². The Morgan fingerprint density at radius 1 is 1.37 bits per heavy atom. The summed E-state index contributed by atoms with van der Waals surface area (Å²) in [5.41, 5.74) is 0.796. The minimum Gasteiger partial charge on any atom is -0.383 e. The normalized spacial score (nSPS) is 9.79. The third-order valence-electron chi connectivity index (χ3n) is 2.12. The van der Waals surface area contributed by atoms with E-state index < -0.39 is 11.9 Å². The number of nitrogens with one attached hydrogen (secondary N) is 3. The second kappa shape index (κ2) is 8.49. The maximum atomic E-state index is 11.5. The minimum absolute atomic E-state index is 0.0220. The molecule has 0 spiro atoms. The Morgan fingerprint density at radius 3 is 2.84 bits per heavy atom. The summed E-state index contributed by atoms with van der Waals surface area (Å²) in [6.45, 7) is 0.778. The highest BCUT2D eigenvalue weighted by atomic mass is 79.9. The van der Waals surface area contributed by atoms with Gasteiger partial charge in [-0.3, -0.25) is 10.1 Å². The van der Waals surface area contributed by atoms with Crippen molar-refractivity contribution in [2.75, 3.05) is 32.1 Å². The first kappa shape index (κ1) is 15.5. The molecule has 0 atom stereocenters. The van der Waals surface area contributed by atoms with Crippen LogP contribution in [0.5, 0.6) is 0 Å². The third-order valence-corrected chi connectivity index (χ3v) is 2.62. The van der Waals surface area contributed by atoms with Gasteiger partial charge in [0.25, 0.3) is 0 Å². The Labute approximate surface area is 120 Å². The molecule has 3 amide bonds. The number of methoxy groups -OCH3 is 1. The fourth-order valence-corrected chi connectivity index (χ4v) is 1.66. The highest BCUT2D eigenvalue weighted by Crippen LogP contribution is 2.14. The number of benzene rings is 1. The quantitative estimate of drug-likeness (QED) is 0.688. The molecule has 0 saturated carbocycles. The molecule has 1 rings (SSSR count). The number of amides is 3. The molecule has 0 aliphatic rings. The van der Waals surface area contributed by atoms with Gasteiger partial charge in [-0.1, -0.05) is 22.0 Å². The van der Waals surface area contributed by atoms with Crippen molar-refractivity contribution in [1.29, 1.82) is 0 Å². The van der Waals surface area contributed by atoms with Crippen molar-refractivity contribution in [2.45, 2.75) is 0 Å². The van der Waals surface area contributed by atoms with Gasteiger partial charge in [0.15, 0.2) is 0 Å². The Hall–Kier alpha value is -1.60. The Balaban J connectivity index is 2.26. The molecular formula is C12H16BrN3O3. The standard InChI is InChI=1S/C12H16BrN3O3/c1-19-6-5-14-12(18)16-11(17)8-15-10-4-2-3-9(13)7-10/h2-4,7,15H,5-6,8H2,1H3,(H2,14,16,17,18). The summed E-state index contributed by atoms with van der Waals surface area (Å²) in [5.74, 6) is -0.408. The first-order valence-electron chi connectivity index (χ1n) is 5.68. The second-order valence-electron chi connectivity index (χ2n) is 3.66. The van der Waals surface area contributed by atoms with Crippen molar-refractivity contribution in [3.8, 4) is 0 Å². The van der Waals surface area contributed by atoms with Crippen LogP contribution in [0.1, 0.15) is 0 Å². The van der Waals surface area contributed by atoms with E-state index in [0.717, 1.165) is 10.2 Å². The lowest BCUT2D eigenvalue weighted by Gasteiger charge is -2.08. The first-order valence-corrected chi connectivity index (χ1v) is 6.47. The lowest BCUT2D eigenvalue weighted by atomic mass is 10.3. The molecule has 0 aliphatic heterocycles. The lowest BCUT2D eigenvalue weighted by Crippen LogP contribution is -2.42. The van der Waals surface area contributed by atoms with Crippen LogP contribution in [-0.4, -0.2) is 38.7 Å². The van der Waals surface area contributed by atoms with Crippen LogP contribution in [0.15, 0.2) is 28.7 Å². The smallest absolute Gasteiger partial charge is 0.321 e. The molecule has 0 fully saturated rings. The van der Waals surface area contributed by atoms with E-state index >= 15 is 0 Å². The third kappa shape index (κ3) is 6.78. The van der Waals surface area contributed by atoms with Crippen molar-refractivity contribution < 1.29 is 14.3 Å². The van der Waals surface area contributed by atoms with Crippen LogP contribution in [0, 0.1) is 0 Å². The van der Waals surface area contributed by atoms with E-state index in [4.69, 9.17) is 4.74 Å². The summed E-state index contributed by atoms with van der Waals surface area (Å²) in [6, 6.07) is 6.87. The predicted molar refractivity (Wildman–Crippen MR) is 76.0 cm³/mol. The first-order chi connectivity index (χ1) is 9.11. The van der Waals surface area contributed by atoms with E-state index in [1.807, 2.05) is 24.3 Å². The average molecular weight is 330 g/mol. The number of urea groups is 1. The van der Waals surface area contributed by atoms with Crippen LogP contribution in [0.2, 0.25) is 0 Å². The zero-order valence-electron chi connectivity index (χ0n) is 10.5. The summed E-state index contributed by atoms with van der Waals surface area (Å²) in [5, 5.41) is 7.61. The predicted octanol–water partition coefficient (Wildman–Crippen LogP) is 1.33. The molecule has 0 aliphatic carbocycles. The van der Waals surface area contributed by atoms with Crippen LogP contribution in [-0.2, 0) is 9.53 Å². The summed E-state index contributed by atoms with van der Waals surface area (Å²) in [4.78, 5) is 22.7. The van der Waals surface area contributed by atoms with E-state index in [1.54, 1.807) is 0 Å². The molecular weight excluding hydrogens is 314 g/mol. The molecule has 1 aromatic rings. The molecule has 0 saturated heterocycles. The Bertz CT molecular complexity index is 440. The molecule has 0 aromatic heterocycles. The Kier molecular flexibility index (Phi) is 6.91. The van der Waals surface area contributed by atoms with Crippen molar-refractivity contribution in [1.82, 2.24) is 10.6 Å². The summed E-state index contributed by atoms with van der Waals surface area (Å²) in [7, 11) is 1.53. The van der Waals surface area contributed by atoms with Crippen LogP contribution >= 0.6 is 15.9 Å². The van der Waals surface area contributed by atoms with Gasteiger partial charge in [0.2, 0.25) is 5.91 Å². The molecule has 0 unspecified atom stereocenters. The van der Waals surface area contributed by atoms with Crippen molar-refractivity contribution in [3.05, 3.63) is 28.7 Å². The highest BCUT2D eigenvalue weighted by molar-refractivity contribution is 9.10. The number of carbonyl (C=O) groups excluding carboxylic acids is 2. The zero-order valence-corrected chi connectivity index (χ0v) is 12.1. The molecule has 0 heterocycles. The second-order valence-corrected chi connectivity index (χ2v) is 4.58. The van der Waals surface area contributed by atoms with Crippen molar-refractivity contribution >= 4 is 33.6 Å². The number of carbonyl (C=O) groups is 2. The van der Waals surface area contributed by atoms with Gasteiger partial charge in [-0.2, -0.15) is 0 Å². The van der Waals surface area contributed by atoms with Gasteiger partial charge in [0.1, 0.15) is 0 Å². The summed E-state index contributed by atoms with van der Waals surface area (Å²) >= 11 is 3.33. The number of imide groups is 1.